The Morgan fingerprint density at radius 2 is 1.34 bits per heavy atom. The van der Waals surface area contributed by atoms with Crippen molar-refractivity contribution in [3.05, 3.63) is 65.7 Å². The molecule has 4 nitrogen and oxygen atoms in total. The van der Waals surface area contributed by atoms with E-state index in [0.717, 1.165) is 17.5 Å². The number of rotatable bonds is 5. The summed E-state index contributed by atoms with van der Waals surface area (Å²) in [6.07, 6.45) is 1.31. The summed E-state index contributed by atoms with van der Waals surface area (Å²) in [5, 5.41) is 9.10. The van der Waals surface area contributed by atoms with Gasteiger partial charge in [0.15, 0.2) is 0 Å². The second-order valence-electron chi connectivity index (χ2n) is 9.15. The quantitative estimate of drug-likeness (QED) is 0.655. The topological polar surface area (TPSA) is 63.6 Å². The number of carbonyl (C=O) groups is 2. The van der Waals surface area contributed by atoms with Gasteiger partial charge in [0.05, 0.1) is 5.41 Å². The summed E-state index contributed by atoms with van der Waals surface area (Å²) in [5.74, 6) is 0.373. The molecule has 0 aliphatic carbocycles. The van der Waals surface area contributed by atoms with E-state index in [4.69, 9.17) is 9.84 Å². The molecular weight excluding hydrogens is 364 g/mol. The zero-order valence-electron chi connectivity index (χ0n) is 18.5. The van der Waals surface area contributed by atoms with E-state index in [1.807, 2.05) is 84.0 Å². The first-order valence-electron chi connectivity index (χ1n) is 9.92. The third kappa shape index (κ3) is 9.93. The molecule has 0 aliphatic heterocycles. The molecule has 0 aromatic heterocycles. The van der Waals surface area contributed by atoms with Gasteiger partial charge in [-0.15, -0.1) is 0 Å². The number of phenolic OH excluding ortho intramolecular Hbond substituents is 1. The van der Waals surface area contributed by atoms with Crippen LogP contribution in [0.5, 0.6) is 5.75 Å². The predicted octanol–water partition coefficient (Wildman–Crippen LogP) is 5.72. The van der Waals surface area contributed by atoms with Crippen LogP contribution in [-0.4, -0.2) is 16.9 Å². The second kappa shape index (κ2) is 10.8. The molecule has 0 amide bonds. The Morgan fingerprint density at radius 1 is 0.793 bits per heavy atom. The lowest BCUT2D eigenvalue weighted by Gasteiger charge is -2.16. The third-order valence-corrected chi connectivity index (χ3v) is 4.24. The molecule has 0 radical (unpaired) electrons. The highest BCUT2D eigenvalue weighted by atomic mass is 16.5. The highest BCUT2D eigenvalue weighted by molar-refractivity contribution is 5.83. The minimum absolute atomic E-state index is 0.165. The molecule has 2 aromatic carbocycles. The molecule has 1 N–H and O–H groups in total. The maximum atomic E-state index is 11.7. The number of aromatic hydroxyl groups is 1. The Balaban J connectivity index is 0.000000291. The van der Waals surface area contributed by atoms with Gasteiger partial charge in [0, 0.05) is 11.8 Å². The molecule has 0 unspecified atom stereocenters. The van der Waals surface area contributed by atoms with Crippen LogP contribution in [0.15, 0.2) is 54.6 Å². The SMILES string of the molecule is CC(C)(C)C(=O)CCc1ccc(O)cc1.CC(C)(C)C(=O)OCc1ccccc1. The molecule has 0 fully saturated rings. The number of esters is 1. The third-order valence-electron chi connectivity index (χ3n) is 4.24. The number of phenols is 1. The van der Waals surface area contributed by atoms with Gasteiger partial charge in [0.2, 0.25) is 0 Å². The second-order valence-corrected chi connectivity index (χ2v) is 9.15. The van der Waals surface area contributed by atoms with Crippen molar-refractivity contribution in [3.63, 3.8) is 0 Å². The van der Waals surface area contributed by atoms with E-state index >= 15 is 0 Å². The van der Waals surface area contributed by atoms with Gasteiger partial charge in [-0.05, 0) is 50.5 Å². The van der Waals surface area contributed by atoms with E-state index in [2.05, 4.69) is 0 Å². The van der Waals surface area contributed by atoms with Crippen LogP contribution in [0, 0.1) is 10.8 Å². The van der Waals surface area contributed by atoms with Gasteiger partial charge in [0.1, 0.15) is 18.1 Å². The summed E-state index contributed by atoms with van der Waals surface area (Å²) in [6, 6.07) is 16.7. The average molecular weight is 399 g/mol. The van der Waals surface area contributed by atoms with E-state index < -0.39 is 5.41 Å². The summed E-state index contributed by atoms with van der Waals surface area (Å²) >= 11 is 0. The van der Waals surface area contributed by atoms with E-state index in [1.54, 1.807) is 12.1 Å². The molecule has 0 bridgehead atoms. The highest BCUT2D eigenvalue weighted by Crippen LogP contribution is 2.19. The van der Waals surface area contributed by atoms with E-state index in [1.165, 1.54) is 0 Å². The fraction of sp³-hybridized carbons (Fsp3) is 0.440. The van der Waals surface area contributed by atoms with Crippen LogP contribution >= 0.6 is 0 Å². The number of hydrogen-bond donors (Lipinski definition) is 1. The van der Waals surface area contributed by atoms with Crippen molar-refractivity contribution in [2.45, 2.75) is 61.0 Å². The first kappa shape index (κ1) is 24.4. The van der Waals surface area contributed by atoms with Crippen molar-refractivity contribution in [1.82, 2.24) is 0 Å². The van der Waals surface area contributed by atoms with Crippen LogP contribution < -0.4 is 0 Å². The first-order chi connectivity index (χ1) is 13.4. The number of benzene rings is 2. The normalized spacial score (nSPS) is 11.2. The monoisotopic (exact) mass is 398 g/mol. The summed E-state index contributed by atoms with van der Waals surface area (Å²) < 4.78 is 5.15. The molecule has 4 heteroatoms. The maximum absolute atomic E-state index is 11.7. The van der Waals surface area contributed by atoms with Gasteiger partial charge < -0.3 is 9.84 Å². The van der Waals surface area contributed by atoms with Crippen molar-refractivity contribution >= 4 is 11.8 Å². The van der Waals surface area contributed by atoms with Crippen molar-refractivity contribution in [2.24, 2.45) is 10.8 Å². The van der Waals surface area contributed by atoms with Crippen LogP contribution in [0.4, 0.5) is 0 Å². The zero-order valence-corrected chi connectivity index (χ0v) is 18.5. The Bertz CT molecular complexity index is 763. The molecule has 0 aliphatic rings. The summed E-state index contributed by atoms with van der Waals surface area (Å²) in [7, 11) is 0. The first-order valence-corrected chi connectivity index (χ1v) is 9.92. The fourth-order valence-electron chi connectivity index (χ4n) is 2.24. The fourth-order valence-corrected chi connectivity index (χ4v) is 2.24. The molecule has 0 heterocycles. The van der Waals surface area contributed by atoms with Gasteiger partial charge in [-0.2, -0.15) is 0 Å². The van der Waals surface area contributed by atoms with Crippen LogP contribution in [0.25, 0.3) is 0 Å². The van der Waals surface area contributed by atoms with Crippen molar-refractivity contribution in [2.75, 3.05) is 0 Å². The smallest absolute Gasteiger partial charge is 0.311 e. The molecule has 0 spiro atoms. The van der Waals surface area contributed by atoms with Crippen LogP contribution in [0.3, 0.4) is 0 Å². The summed E-state index contributed by atoms with van der Waals surface area (Å²) in [4.78, 5) is 23.1. The van der Waals surface area contributed by atoms with Gasteiger partial charge in [-0.25, -0.2) is 0 Å². The summed E-state index contributed by atoms with van der Waals surface area (Å²) in [6.45, 7) is 11.7. The highest BCUT2D eigenvalue weighted by Gasteiger charge is 2.22. The number of ether oxygens (including phenoxy) is 1. The molecule has 2 rings (SSSR count). The lowest BCUT2D eigenvalue weighted by atomic mass is 9.87. The van der Waals surface area contributed by atoms with Crippen molar-refractivity contribution < 1.29 is 19.4 Å². The lowest BCUT2D eigenvalue weighted by Crippen LogP contribution is -2.22. The average Bonchev–Trinajstić information content (AvgIpc) is 2.65. The Labute approximate surface area is 174 Å². The molecular formula is C25H34O4. The molecule has 158 valence electrons. The minimum Gasteiger partial charge on any atom is -0.508 e. The lowest BCUT2D eigenvalue weighted by molar-refractivity contribution is -0.154. The Morgan fingerprint density at radius 3 is 1.83 bits per heavy atom. The number of carbonyl (C=O) groups excluding carboxylic acids is 2. The number of ketones is 1. The standard InChI is InChI=1S/C13H18O2.C12H16O2/c1-13(2,3)12(15)9-6-10-4-7-11(14)8-5-10;1-12(2,3)11(13)14-9-10-7-5-4-6-8-10/h4-5,7-8,14H,6,9H2,1-3H3;4-8H,9H2,1-3H3. The van der Waals surface area contributed by atoms with Crippen LogP contribution in [0.2, 0.25) is 0 Å². The van der Waals surface area contributed by atoms with Crippen LogP contribution in [0.1, 0.15) is 59.1 Å². The van der Waals surface area contributed by atoms with Crippen LogP contribution in [-0.2, 0) is 27.4 Å². The minimum atomic E-state index is -0.422. The maximum Gasteiger partial charge on any atom is 0.311 e. The van der Waals surface area contributed by atoms with Gasteiger partial charge >= 0.3 is 5.97 Å². The number of Topliss-reactive ketones (excluding diaryl/α,β-unsaturated/α-hetero) is 1. The molecule has 0 saturated carbocycles. The Kier molecular flexibility index (Phi) is 9.09. The zero-order chi connectivity index (χ0) is 22.1. The Hall–Kier alpha value is -2.62. The molecule has 2 aromatic rings. The molecule has 0 saturated heterocycles. The van der Waals surface area contributed by atoms with E-state index in [-0.39, 0.29) is 22.9 Å². The summed E-state index contributed by atoms with van der Waals surface area (Å²) in [5.41, 5.74) is 1.43. The van der Waals surface area contributed by atoms with E-state index in [0.29, 0.717) is 13.0 Å². The van der Waals surface area contributed by atoms with Crippen molar-refractivity contribution in [3.8, 4) is 5.75 Å². The molecule has 0 atom stereocenters. The number of hydrogen-bond acceptors (Lipinski definition) is 4. The van der Waals surface area contributed by atoms with Crippen molar-refractivity contribution in [1.29, 1.82) is 0 Å². The van der Waals surface area contributed by atoms with Gasteiger partial charge in [-0.1, -0.05) is 63.2 Å². The van der Waals surface area contributed by atoms with Gasteiger partial charge in [0.25, 0.3) is 0 Å². The molecule has 29 heavy (non-hydrogen) atoms. The number of aryl methyl sites for hydroxylation is 1. The largest absolute Gasteiger partial charge is 0.508 e. The van der Waals surface area contributed by atoms with Gasteiger partial charge in [-0.3, -0.25) is 9.59 Å². The van der Waals surface area contributed by atoms with E-state index in [9.17, 15) is 9.59 Å². The predicted molar refractivity (Wildman–Crippen MR) is 117 cm³/mol.